The lowest BCUT2D eigenvalue weighted by atomic mass is 10.1. The topological polar surface area (TPSA) is 77.2 Å². The Morgan fingerprint density at radius 2 is 2.05 bits per heavy atom. The van der Waals surface area contributed by atoms with Crippen molar-refractivity contribution in [2.45, 2.75) is 13.0 Å². The Kier molecular flexibility index (Phi) is 4.68. The highest BCUT2D eigenvalue weighted by atomic mass is 16.5. The molecule has 0 fully saturated rings. The highest BCUT2D eigenvalue weighted by molar-refractivity contribution is 5.96. The maximum Gasteiger partial charge on any atom is 0.246 e. The fraction of sp³-hybridized carbons (Fsp3) is 0.200. The van der Waals surface area contributed by atoms with Gasteiger partial charge in [0.05, 0.1) is 6.61 Å². The van der Waals surface area contributed by atoms with Crippen LogP contribution in [0.3, 0.4) is 0 Å². The van der Waals surface area contributed by atoms with Crippen molar-refractivity contribution in [2.24, 2.45) is 5.73 Å². The zero-order valence-electron chi connectivity index (χ0n) is 11.2. The second-order valence-corrected chi connectivity index (χ2v) is 4.17. The number of aromatic nitrogens is 1. The Bertz CT molecular complexity index is 572. The average Bonchev–Trinajstić information content (AvgIpc) is 2.49. The standard InChI is InChI=1S/C15H17N3O2/c1-2-20-15-12(9-6-10-17-15)18-14(19)13(16)11-7-4-3-5-8-11/h3-10,13H,2,16H2,1H3,(H,18,19)/t13-/m1/s1. The van der Waals surface area contributed by atoms with Gasteiger partial charge in [-0.05, 0) is 24.6 Å². The summed E-state index contributed by atoms with van der Waals surface area (Å²) < 4.78 is 5.36. The van der Waals surface area contributed by atoms with Crippen LogP contribution < -0.4 is 15.8 Å². The summed E-state index contributed by atoms with van der Waals surface area (Å²) in [7, 11) is 0. The van der Waals surface area contributed by atoms with E-state index < -0.39 is 6.04 Å². The van der Waals surface area contributed by atoms with Gasteiger partial charge in [-0.3, -0.25) is 4.79 Å². The number of carbonyl (C=O) groups excluding carboxylic acids is 1. The number of rotatable bonds is 5. The van der Waals surface area contributed by atoms with Gasteiger partial charge in [-0.2, -0.15) is 0 Å². The summed E-state index contributed by atoms with van der Waals surface area (Å²) >= 11 is 0. The molecule has 3 N–H and O–H groups in total. The summed E-state index contributed by atoms with van der Waals surface area (Å²) in [6.07, 6.45) is 1.61. The molecule has 2 rings (SSSR count). The van der Waals surface area contributed by atoms with Crippen LogP contribution >= 0.6 is 0 Å². The van der Waals surface area contributed by atoms with Gasteiger partial charge in [0.1, 0.15) is 11.7 Å². The molecule has 20 heavy (non-hydrogen) atoms. The van der Waals surface area contributed by atoms with Crippen LogP contribution in [-0.4, -0.2) is 17.5 Å². The lowest BCUT2D eigenvalue weighted by Crippen LogP contribution is -2.28. The summed E-state index contributed by atoms with van der Waals surface area (Å²) in [5.74, 6) is 0.0914. The monoisotopic (exact) mass is 271 g/mol. The molecule has 1 atom stereocenters. The van der Waals surface area contributed by atoms with Crippen molar-refractivity contribution in [3.8, 4) is 5.88 Å². The number of ether oxygens (including phenoxy) is 1. The van der Waals surface area contributed by atoms with Crippen LogP contribution in [0.15, 0.2) is 48.7 Å². The van der Waals surface area contributed by atoms with Crippen LogP contribution in [0, 0.1) is 0 Å². The lowest BCUT2D eigenvalue weighted by molar-refractivity contribution is -0.117. The molecule has 0 spiro atoms. The molecule has 1 aromatic heterocycles. The zero-order valence-corrected chi connectivity index (χ0v) is 11.2. The van der Waals surface area contributed by atoms with Crippen molar-refractivity contribution in [3.63, 3.8) is 0 Å². The van der Waals surface area contributed by atoms with Crippen LogP contribution in [-0.2, 0) is 4.79 Å². The number of hydrogen-bond acceptors (Lipinski definition) is 4. The Morgan fingerprint density at radius 1 is 1.30 bits per heavy atom. The molecule has 5 nitrogen and oxygen atoms in total. The second kappa shape index (κ2) is 6.68. The smallest absolute Gasteiger partial charge is 0.246 e. The van der Waals surface area contributed by atoms with Crippen LogP contribution in [0.4, 0.5) is 5.69 Å². The fourth-order valence-electron chi connectivity index (χ4n) is 1.76. The Balaban J connectivity index is 2.12. The molecular weight excluding hydrogens is 254 g/mol. The molecule has 0 saturated heterocycles. The van der Waals surface area contributed by atoms with Gasteiger partial charge in [0.15, 0.2) is 0 Å². The highest BCUT2D eigenvalue weighted by Crippen LogP contribution is 2.22. The van der Waals surface area contributed by atoms with Crippen molar-refractivity contribution >= 4 is 11.6 Å². The van der Waals surface area contributed by atoms with Crippen LogP contribution in [0.1, 0.15) is 18.5 Å². The molecule has 1 amide bonds. The van der Waals surface area contributed by atoms with Gasteiger partial charge in [0.25, 0.3) is 0 Å². The molecular formula is C15H17N3O2. The molecule has 2 aromatic rings. The van der Waals surface area contributed by atoms with E-state index in [2.05, 4.69) is 10.3 Å². The van der Waals surface area contributed by atoms with Crippen molar-refractivity contribution < 1.29 is 9.53 Å². The van der Waals surface area contributed by atoms with E-state index in [9.17, 15) is 4.79 Å². The molecule has 0 aliphatic heterocycles. The summed E-state index contributed by atoms with van der Waals surface area (Å²) in [6, 6.07) is 11.9. The third-order valence-electron chi connectivity index (χ3n) is 2.75. The normalized spacial score (nSPS) is 11.7. The molecule has 0 unspecified atom stereocenters. The van der Waals surface area contributed by atoms with Crippen LogP contribution in [0.5, 0.6) is 5.88 Å². The van der Waals surface area contributed by atoms with Gasteiger partial charge < -0.3 is 15.8 Å². The second-order valence-electron chi connectivity index (χ2n) is 4.17. The van der Waals surface area contributed by atoms with E-state index in [0.29, 0.717) is 18.2 Å². The molecule has 0 saturated carbocycles. The van der Waals surface area contributed by atoms with E-state index in [0.717, 1.165) is 5.56 Å². The number of carbonyl (C=O) groups is 1. The van der Waals surface area contributed by atoms with E-state index in [1.54, 1.807) is 18.3 Å². The first kappa shape index (κ1) is 14.0. The van der Waals surface area contributed by atoms with E-state index in [1.807, 2.05) is 37.3 Å². The number of nitrogens with zero attached hydrogens (tertiary/aromatic N) is 1. The number of nitrogens with one attached hydrogen (secondary N) is 1. The molecule has 1 aromatic carbocycles. The molecule has 104 valence electrons. The molecule has 0 bridgehead atoms. The number of hydrogen-bond donors (Lipinski definition) is 2. The number of anilines is 1. The molecule has 5 heteroatoms. The number of amides is 1. The number of nitrogens with two attached hydrogens (primary N) is 1. The molecule has 0 radical (unpaired) electrons. The van der Waals surface area contributed by atoms with Gasteiger partial charge in [0, 0.05) is 6.20 Å². The Hall–Kier alpha value is -2.40. The molecule has 1 heterocycles. The van der Waals surface area contributed by atoms with E-state index in [4.69, 9.17) is 10.5 Å². The predicted molar refractivity (Wildman–Crippen MR) is 77.4 cm³/mol. The zero-order chi connectivity index (χ0) is 14.4. The van der Waals surface area contributed by atoms with Gasteiger partial charge in [-0.25, -0.2) is 4.98 Å². The quantitative estimate of drug-likeness (QED) is 0.873. The van der Waals surface area contributed by atoms with Gasteiger partial charge in [-0.1, -0.05) is 30.3 Å². The highest BCUT2D eigenvalue weighted by Gasteiger charge is 2.17. The minimum atomic E-state index is -0.731. The summed E-state index contributed by atoms with van der Waals surface area (Å²) in [6.45, 7) is 2.33. The maximum atomic E-state index is 12.1. The minimum Gasteiger partial charge on any atom is -0.476 e. The number of pyridine rings is 1. The van der Waals surface area contributed by atoms with Crippen molar-refractivity contribution in [3.05, 3.63) is 54.2 Å². The first-order valence-corrected chi connectivity index (χ1v) is 6.41. The average molecular weight is 271 g/mol. The van der Waals surface area contributed by atoms with Crippen LogP contribution in [0.25, 0.3) is 0 Å². The largest absolute Gasteiger partial charge is 0.476 e. The first-order chi connectivity index (χ1) is 9.72. The SMILES string of the molecule is CCOc1ncccc1NC(=O)[C@H](N)c1ccccc1. The molecule has 0 aliphatic carbocycles. The summed E-state index contributed by atoms with van der Waals surface area (Å²) in [5.41, 5.74) is 7.21. The Morgan fingerprint density at radius 3 is 2.75 bits per heavy atom. The third kappa shape index (κ3) is 3.33. The predicted octanol–water partition coefficient (Wildman–Crippen LogP) is 2.12. The van der Waals surface area contributed by atoms with Crippen molar-refractivity contribution in [2.75, 3.05) is 11.9 Å². The van der Waals surface area contributed by atoms with Crippen LogP contribution in [0.2, 0.25) is 0 Å². The van der Waals surface area contributed by atoms with Gasteiger partial charge in [-0.15, -0.1) is 0 Å². The summed E-state index contributed by atoms with van der Waals surface area (Å²) in [5, 5.41) is 2.74. The van der Waals surface area contributed by atoms with Crippen molar-refractivity contribution in [1.29, 1.82) is 0 Å². The van der Waals surface area contributed by atoms with E-state index >= 15 is 0 Å². The minimum absolute atomic E-state index is 0.301. The van der Waals surface area contributed by atoms with E-state index in [-0.39, 0.29) is 5.91 Å². The maximum absolute atomic E-state index is 12.1. The summed E-state index contributed by atoms with van der Waals surface area (Å²) in [4.78, 5) is 16.2. The lowest BCUT2D eigenvalue weighted by Gasteiger charge is -2.14. The van der Waals surface area contributed by atoms with Crippen molar-refractivity contribution in [1.82, 2.24) is 4.98 Å². The first-order valence-electron chi connectivity index (χ1n) is 6.41. The number of benzene rings is 1. The molecule has 0 aliphatic rings. The third-order valence-corrected chi connectivity index (χ3v) is 2.75. The van der Waals surface area contributed by atoms with E-state index in [1.165, 1.54) is 0 Å². The van der Waals surface area contributed by atoms with Gasteiger partial charge in [0.2, 0.25) is 11.8 Å². The Labute approximate surface area is 117 Å². The van der Waals surface area contributed by atoms with Gasteiger partial charge >= 0.3 is 0 Å². The fourth-order valence-corrected chi connectivity index (χ4v) is 1.76.